The largest absolute Gasteiger partial charge is 0.328 e. The zero-order chi connectivity index (χ0) is 45.1. The van der Waals surface area contributed by atoms with Crippen molar-refractivity contribution in [3.05, 3.63) is 128 Å². The first kappa shape index (κ1) is 42.8. The summed E-state index contributed by atoms with van der Waals surface area (Å²) in [4.78, 5) is 66.0. The number of pyridine rings is 6. The summed E-state index contributed by atoms with van der Waals surface area (Å²) in [5, 5.41) is 4.82. The van der Waals surface area contributed by atoms with Gasteiger partial charge in [-0.15, -0.1) is 0 Å². The molecule has 1 aliphatic heterocycles. The second-order valence-corrected chi connectivity index (χ2v) is 23.1. The van der Waals surface area contributed by atoms with Crippen molar-refractivity contribution in [2.24, 2.45) is 5.41 Å². The monoisotopic (exact) mass is 1060 g/mol. The van der Waals surface area contributed by atoms with Gasteiger partial charge in [-0.3, -0.25) is 29.3 Å². The number of aromatic nitrogens is 6. The summed E-state index contributed by atoms with van der Waals surface area (Å²) < 4.78 is 28.6. The molecule has 3 N–H and O–H groups in total. The molecule has 3 aromatic carbocycles. The fourth-order valence-electron chi connectivity index (χ4n) is 9.41. The standard InChI is InChI=1S/C49H41Br3N6O5S/c1-6-22(2)44-29-16-31(36-20-38-42(47(60)58-36)26-14-23(50)9-10-24(26)45(56-38)40-8-7-13-64(40,62)63)33(52)18-28(29)43-37(55-44)19-35(57-48(43)61)30-15-25-27(17-32(30)51)41-34(11-12-53-46(41)59)54-39(25)21-49(3,4)5/h9-12,14-20,22,40H,6-8,13,21H2,1-5H3,(H,53,59)(H,57,61)(H,58,60). The summed E-state index contributed by atoms with van der Waals surface area (Å²) in [6.45, 7) is 10.6. The Labute approximate surface area is 391 Å². The molecule has 1 aliphatic rings. The lowest BCUT2D eigenvalue weighted by atomic mass is 9.88. The predicted molar refractivity (Wildman–Crippen MR) is 268 cm³/mol. The molecular weight excluding hydrogens is 1020 g/mol. The molecule has 15 heteroatoms. The van der Waals surface area contributed by atoms with Crippen LogP contribution < -0.4 is 16.7 Å². The molecule has 324 valence electrons. The molecule has 0 bridgehead atoms. The second-order valence-electron chi connectivity index (χ2n) is 18.2. The first-order valence-corrected chi connectivity index (χ1v) is 25.2. The van der Waals surface area contributed by atoms with Gasteiger partial charge in [0.15, 0.2) is 9.84 Å². The van der Waals surface area contributed by atoms with E-state index in [1.807, 2.05) is 54.6 Å². The van der Waals surface area contributed by atoms with Crippen molar-refractivity contribution >= 4 is 123 Å². The van der Waals surface area contributed by atoms with E-state index in [1.165, 1.54) is 0 Å². The number of nitrogens with one attached hydrogen (secondary N) is 3. The number of hydrogen-bond acceptors (Lipinski definition) is 8. The Morgan fingerprint density at radius 2 is 1.30 bits per heavy atom. The molecule has 1 saturated heterocycles. The smallest absolute Gasteiger partial charge is 0.258 e. The van der Waals surface area contributed by atoms with Crippen LogP contribution in [0.25, 0.3) is 87.5 Å². The fraction of sp³-hybridized carbons (Fsp3) is 0.265. The van der Waals surface area contributed by atoms with Gasteiger partial charge in [-0.1, -0.05) is 88.5 Å². The maximum Gasteiger partial charge on any atom is 0.258 e. The third kappa shape index (κ3) is 7.13. The molecule has 9 aromatic rings. The maximum absolute atomic E-state index is 14.5. The SMILES string of the molecule is CCC(C)c1nc2cc(-c3cc4c(CC(C)(C)C)nc5cc[nH]c(=O)c5c4cc3Br)[nH]c(=O)c2c2cc(Br)c(-c3cc4nc(C5CCCS5(=O)=O)c5ccc(Br)cc5c4c(=O)[nH]3)cc12. The van der Waals surface area contributed by atoms with Crippen molar-refractivity contribution in [3.8, 4) is 22.5 Å². The summed E-state index contributed by atoms with van der Waals surface area (Å²) in [6.07, 6.45) is 4.07. The maximum atomic E-state index is 14.5. The van der Waals surface area contributed by atoms with E-state index in [-0.39, 0.29) is 33.8 Å². The van der Waals surface area contributed by atoms with Gasteiger partial charge in [0.25, 0.3) is 16.7 Å². The van der Waals surface area contributed by atoms with E-state index in [0.717, 1.165) is 44.0 Å². The van der Waals surface area contributed by atoms with Crippen LogP contribution in [0.1, 0.15) is 82.1 Å². The summed E-state index contributed by atoms with van der Waals surface area (Å²) in [7, 11) is -3.42. The summed E-state index contributed by atoms with van der Waals surface area (Å²) in [5.74, 6) is 0.0929. The lowest BCUT2D eigenvalue weighted by molar-refractivity contribution is 0.408. The minimum Gasteiger partial charge on any atom is -0.328 e. The number of fused-ring (bicyclic) bond motifs is 9. The number of aromatic amines is 3. The van der Waals surface area contributed by atoms with Crippen LogP contribution in [0, 0.1) is 5.41 Å². The van der Waals surface area contributed by atoms with Crippen LogP contribution in [0.2, 0.25) is 0 Å². The van der Waals surface area contributed by atoms with Gasteiger partial charge in [-0.05, 0) is 108 Å². The van der Waals surface area contributed by atoms with Gasteiger partial charge in [0.2, 0.25) is 0 Å². The van der Waals surface area contributed by atoms with E-state index in [0.29, 0.717) is 99.7 Å². The quantitative estimate of drug-likeness (QED) is 0.138. The minimum absolute atomic E-state index is 0.00785. The van der Waals surface area contributed by atoms with Crippen molar-refractivity contribution < 1.29 is 8.42 Å². The second kappa shape index (κ2) is 15.5. The third-order valence-corrected chi connectivity index (χ3v) is 16.5. The van der Waals surface area contributed by atoms with Crippen LogP contribution in [0.15, 0.2) is 94.7 Å². The van der Waals surface area contributed by atoms with E-state index >= 15 is 0 Å². The number of benzene rings is 3. The number of nitrogens with zero attached hydrogens (tertiary/aromatic N) is 3. The molecule has 0 aliphatic carbocycles. The molecule has 0 saturated carbocycles. The van der Waals surface area contributed by atoms with Crippen molar-refractivity contribution in [1.82, 2.24) is 29.9 Å². The van der Waals surface area contributed by atoms with Gasteiger partial charge in [0.05, 0.1) is 61.2 Å². The van der Waals surface area contributed by atoms with Crippen LogP contribution in [0.4, 0.5) is 0 Å². The highest BCUT2D eigenvalue weighted by atomic mass is 79.9. The minimum atomic E-state index is -3.42. The van der Waals surface area contributed by atoms with Crippen LogP contribution in [-0.2, 0) is 16.3 Å². The molecule has 0 amide bonds. The Morgan fingerprint density at radius 1 is 0.703 bits per heavy atom. The highest BCUT2D eigenvalue weighted by molar-refractivity contribution is 9.11. The number of rotatable bonds is 6. The molecule has 6 aromatic heterocycles. The number of hydrogen-bond donors (Lipinski definition) is 3. The van der Waals surface area contributed by atoms with Crippen LogP contribution in [0.5, 0.6) is 0 Å². The van der Waals surface area contributed by atoms with Gasteiger partial charge < -0.3 is 15.0 Å². The molecule has 64 heavy (non-hydrogen) atoms. The molecule has 11 nitrogen and oxygen atoms in total. The molecule has 1 fully saturated rings. The number of halogens is 3. The lowest BCUT2D eigenvalue weighted by Crippen LogP contribution is -2.14. The molecule has 10 rings (SSSR count). The Morgan fingerprint density at radius 3 is 1.91 bits per heavy atom. The summed E-state index contributed by atoms with van der Waals surface area (Å²) in [5.41, 5.74) is 5.03. The van der Waals surface area contributed by atoms with Crippen LogP contribution in [0.3, 0.4) is 0 Å². The Balaban J connectivity index is 1.17. The highest BCUT2D eigenvalue weighted by Crippen LogP contribution is 2.43. The number of sulfone groups is 1. The van der Waals surface area contributed by atoms with Gasteiger partial charge in [-0.2, -0.15) is 0 Å². The van der Waals surface area contributed by atoms with E-state index in [4.69, 9.17) is 15.0 Å². The summed E-state index contributed by atoms with van der Waals surface area (Å²) in [6, 6.07) is 18.8. The molecule has 2 atom stereocenters. The Bertz CT molecular complexity index is 3820. The van der Waals surface area contributed by atoms with E-state index in [2.05, 4.69) is 97.4 Å². The average Bonchev–Trinajstić information content (AvgIpc) is 3.59. The highest BCUT2D eigenvalue weighted by Gasteiger charge is 2.35. The molecule has 7 heterocycles. The van der Waals surface area contributed by atoms with Crippen LogP contribution >= 0.6 is 47.8 Å². The van der Waals surface area contributed by atoms with Crippen LogP contribution in [-0.4, -0.2) is 44.1 Å². The van der Waals surface area contributed by atoms with Crippen molar-refractivity contribution in [3.63, 3.8) is 0 Å². The van der Waals surface area contributed by atoms with Crippen molar-refractivity contribution in [2.75, 3.05) is 5.75 Å². The molecule has 2 unspecified atom stereocenters. The molecule has 0 spiro atoms. The average molecular weight is 1070 g/mol. The summed E-state index contributed by atoms with van der Waals surface area (Å²) >= 11 is 11.1. The first-order valence-electron chi connectivity index (χ1n) is 21.1. The van der Waals surface area contributed by atoms with E-state index in [9.17, 15) is 22.8 Å². The lowest BCUT2D eigenvalue weighted by Gasteiger charge is -2.20. The van der Waals surface area contributed by atoms with Crippen molar-refractivity contribution in [1.29, 1.82) is 0 Å². The van der Waals surface area contributed by atoms with E-state index < -0.39 is 15.1 Å². The predicted octanol–water partition coefficient (Wildman–Crippen LogP) is 11.8. The van der Waals surface area contributed by atoms with Gasteiger partial charge in [-0.25, -0.2) is 8.42 Å². The zero-order valence-electron chi connectivity index (χ0n) is 35.5. The topological polar surface area (TPSA) is 171 Å². The van der Waals surface area contributed by atoms with Gasteiger partial charge in [0.1, 0.15) is 5.25 Å². The number of H-pyrrole nitrogens is 3. The van der Waals surface area contributed by atoms with Gasteiger partial charge in [0, 0.05) is 52.6 Å². The van der Waals surface area contributed by atoms with Gasteiger partial charge >= 0.3 is 0 Å². The normalized spacial score (nSPS) is 16.0. The molecule has 0 radical (unpaired) electrons. The van der Waals surface area contributed by atoms with Crippen molar-refractivity contribution in [2.45, 2.75) is 71.5 Å². The molecular formula is C49H41Br3N6O5S. The first-order chi connectivity index (χ1) is 30.4. The third-order valence-electron chi connectivity index (χ3n) is 12.6. The Kier molecular flexibility index (Phi) is 10.4. The van der Waals surface area contributed by atoms with E-state index in [1.54, 1.807) is 12.3 Å². The fourth-order valence-corrected chi connectivity index (χ4v) is 12.8. The zero-order valence-corrected chi connectivity index (χ0v) is 41.0. The Hall–Kier alpha value is -5.09.